The van der Waals surface area contributed by atoms with E-state index in [1.54, 1.807) is 0 Å². The first kappa shape index (κ1) is 20.2. The van der Waals surface area contributed by atoms with Crippen molar-refractivity contribution in [2.75, 3.05) is 25.9 Å². The molecule has 0 aliphatic rings. The minimum absolute atomic E-state index is 0.373. The summed E-state index contributed by atoms with van der Waals surface area (Å²) in [6.07, 6.45) is 3.42. The molecule has 0 aliphatic heterocycles. The molecule has 6 nitrogen and oxygen atoms in total. The molecule has 0 aliphatic carbocycles. The minimum Gasteiger partial charge on any atom is -0.357 e. The summed E-state index contributed by atoms with van der Waals surface area (Å²) in [6, 6.07) is 0. The van der Waals surface area contributed by atoms with Crippen molar-refractivity contribution in [3.8, 4) is 0 Å². The lowest BCUT2D eigenvalue weighted by Crippen LogP contribution is -2.47. The Labute approximate surface area is 130 Å². The normalized spacial score (nSPS) is 13.6. The summed E-state index contributed by atoms with van der Waals surface area (Å²) in [7, 11) is -3.24. The maximum Gasteiger partial charge on any atom is 0.209 e. The third-order valence-electron chi connectivity index (χ3n) is 3.15. The van der Waals surface area contributed by atoms with Crippen molar-refractivity contribution in [2.45, 2.75) is 53.0 Å². The predicted octanol–water partition coefficient (Wildman–Crippen LogP) is 1.31. The molecule has 3 N–H and O–H groups in total. The number of guanidine groups is 1. The van der Waals surface area contributed by atoms with Crippen LogP contribution >= 0.6 is 0 Å². The Morgan fingerprint density at radius 2 is 1.71 bits per heavy atom. The van der Waals surface area contributed by atoms with Gasteiger partial charge in [-0.3, -0.25) is 4.99 Å². The number of hydrogen-bond acceptors (Lipinski definition) is 3. The van der Waals surface area contributed by atoms with Crippen LogP contribution in [0.15, 0.2) is 4.99 Å². The molecule has 0 saturated carbocycles. The molecule has 0 fully saturated rings. The summed E-state index contributed by atoms with van der Waals surface area (Å²) < 4.78 is 25.2. The topological polar surface area (TPSA) is 82.6 Å². The Kier molecular flexibility index (Phi) is 8.89. The molecule has 0 heterocycles. The molecule has 0 aromatic carbocycles. The van der Waals surface area contributed by atoms with E-state index in [2.05, 4.69) is 34.2 Å². The first-order valence-electron chi connectivity index (χ1n) is 7.64. The molecule has 0 unspecified atom stereocenters. The van der Waals surface area contributed by atoms with Gasteiger partial charge in [0.2, 0.25) is 10.0 Å². The van der Waals surface area contributed by atoms with Crippen LogP contribution in [0.2, 0.25) is 0 Å². The molecule has 0 radical (unpaired) electrons. The third-order valence-corrected chi connectivity index (χ3v) is 4.07. The Balaban J connectivity index is 4.64. The van der Waals surface area contributed by atoms with E-state index in [4.69, 9.17) is 0 Å². The quantitative estimate of drug-likeness (QED) is 0.442. The molecule has 0 aromatic rings. The molecule has 0 aromatic heterocycles. The molecule has 21 heavy (non-hydrogen) atoms. The van der Waals surface area contributed by atoms with Crippen LogP contribution in [0.1, 0.15) is 47.5 Å². The average Bonchev–Trinajstić information content (AvgIpc) is 2.34. The molecule has 126 valence electrons. The zero-order valence-corrected chi connectivity index (χ0v) is 15.1. The smallest absolute Gasteiger partial charge is 0.209 e. The van der Waals surface area contributed by atoms with Crippen LogP contribution in [0.25, 0.3) is 0 Å². The largest absolute Gasteiger partial charge is 0.357 e. The van der Waals surface area contributed by atoms with E-state index >= 15 is 0 Å². The maximum atomic E-state index is 11.3. The van der Waals surface area contributed by atoms with Crippen LogP contribution < -0.4 is 15.4 Å². The van der Waals surface area contributed by atoms with E-state index < -0.39 is 15.6 Å². The molecular formula is C14H32N4O2S. The number of sulfonamides is 1. The van der Waals surface area contributed by atoms with Gasteiger partial charge in [-0.05, 0) is 26.7 Å². The number of hydrogen-bond donors (Lipinski definition) is 3. The summed E-state index contributed by atoms with van der Waals surface area (Å²) in [6.45, 7) is 12.0. The first-order chi connectivity index (χ1) is 9.63. The van der Waals surface area contributed by atoms with Crippen LogP contribution in [-0.4, -0.2) is 45.8 Å². The van der Waals surface area contributed by atoms with E-state index in [1.165, 1.54) is 0 Å². The van der Waals surface area contributed by atoms with Crippen LogP contribution in [0.4, 0.5) is 0 Å². The summed E-state index contributed by atoms with van der Waals surface area (Å²) in [4.78, 5) is 4.48. The van der Waals surface area contributed by atoms with Gasteiger partial charge in [0.25, 0.3) is 0 Å². The van der Waals surface area contributed by atoms with Crippen molar-refractivity contribution in [3.05, 3.63) is 0 Å². The van der Waals surface area contributed by atoms with Gasteiger partial charge in [-0.15, -0.1) is 0 Å². The van der Waals surface area contributed by atoms with Gasteiger partial charge in [0.05, 0.1) is 12.8 Å². The van der Waals surface area contributed by atoms with E-state index in [0.717, 1.165) is 38.1 Å². The molecular weight excluding hydrogens is 288 g/mol. The lowest BCUT2D eigenvalue weighted by molar-refractivity contribution is 0.460. The molecule has 0 rings (SSSR count). The predicted molar refractivity (Wildman–Crippen MR) is 90.1 cm³/mol. The van der Waals surface area contributed by atoms with Crippen LogP contribution in [-0.2, 0) is 10.0 Å². The summed E-state index contributed by atoms with van der Waals surface area (Å²) in [5.41, 5.74) is -0.606. The van der Waals surface area contributed by atoms with Crippen LogP contribution in [0.3, 0.4) is 0 Å². The number of nitrogens with zero attached hydrogens (tertiary/aromatic N) is 1. The number of aliphatic imine (C=N–C) groups is 1. The molecule has 0 bridgehead atoms. The SMILES string of the molecule is CCNC(=NCC(C)(C)NS(C)(=O)=O)NCC(CC)CC. The van der Waals surface area contributed by atoms with E-state index in [-0.39, 0.29) is 0 Å². The van der Waals surface area contributed by atoms with Crippen LogP contribution in [0, 0.1) is 5.92 Å². The summed E-state index contributed by atoms with van der Waals surface area (Å²) in [5.74, 6) is 1.35. The van der Waals surface area contributed by atoms with E-state index in [1.807, 2.05) is 20.8 Å². The highest BCUT2D eigenvalue weighted by molar-refractivity contribution is 7.88. The summed E-state index contributed by atoms with van der Waals surface area (Å²) in [5, 5.41) is 6.50. The second kappa shape index (κ2) is 9.25. The maximum absolute atomic E-state index is 11.3. The molecule has 7 heteroatoms. The van der Waals surface area contributed by atoms with Gasteiger partial charge in [0, 0.05) is 18.6 Å². The Hall–Kier alpha value is -0.820. The van der Waals surface area contributed by atoms with Crippen molar-refractivity contribution in [1.29, 1.82) is 0 Å². The first-order valence-corrected chi connectivity index (χ1v) is 9.53. The van der Waals surface area contributed by atoms with Crippen LogP contribution in [0.5, 0.6) is 0 Å². The van der Waals surface area contributed by atoms with Gasteiger partial charge in [0.15, 0.2) is 5.96 Å². The zero-order valence-electron chi connectivity index (χ0n) is 14.3. The van der Waals surface area contributed by atoms with Gasteiger partial charge < -0.3 is 10.6 Å². The van der Waals surface area contributed by atoms with Crippen molar-refractivity contribution >= 4 is 16.0 Å². The summed E-state index contributed by atoms with van der Waals surface area (Å²) >= 11 is 0. The van der Waals surface area contributed by atoms with Crippen molar-refractivity contribution in [1.82, 2.24) is 15.4 Å². The fourth-order valence-corrected chi connectivity index (χ4v) is 3.04. The Morgan fingerprint density at radius 1 is 1.14 bits per heavy atom. The fourth-order valence-electron chi connectivity index (χ4n) is 1.97. The van der Waals surface area contributed by atoms with Crippen molar-refractivity contribution < 1.29 is 8.42 Å². The highest BCUT2D eigenvalue weighted by atomic mass is 32.2. The van der Waals surface area contributed by atoms with Gasteiger partial charge >= 0.3 is 0 Å². The molecule has 0 atom stereocenters. The highest BCUT2D eigenvalue weighted by Crippen LogP contribution is 2.06. The molecule has 0 saturated heterocycles. The second-order valence-corrected chi connectivity index (χ2v) is 7.77. The molecule has 0 spiro atoms. The zero-order chi connectivity index (χ0) is 16.5. The third kappa shape index (κ3) is 10.5. The second-order valence-electron chi connectivity index (χ2n) is 6.02. The Bertz CT molecular complexity index is 415. The molecule has 0 amide bonds. The van der Waals surface area contributed by atoms with Gasteiger partial charge in [-0.1, -0.05) is 26.7 Å². The van der Waals surface area contributed by atoms with Crippen molar-refractivity contribution in [3.63, 3.8) is 0 Å². The average molecular weight is 321 g/mol. The highest BCUT2D eigenvalue weighted by Gasteiger charge is 2.21. The standard InChI is InChI=1S/C14H32N4O2S/c1-7-12(8-2)10-16-13(15-9-3)17-11-14(4,5)18-21(6,19)20/h12,18H,7-11H2,1-6H3,(H2,15,16,17). The van der Waals surface area contributed by atoms with Gasteiger partial charge in [-0.25, -0.2) is 13.1 Å². The fraction of sp³-hybridized carbons (Fsp3) is 0.929. The minimum atomic E-state index is -3.24. The monoisotopic (exact) mass is 320 g/mol. The number of rotatable bonds is 9. The number of nitrogens with one attached hydrogen (secondary N) is 3. The van der Waals surface area contributed by atoms with Gasteiger partial charge in [-0.2, -0.15) is 0 Å². The Morgan fingerprint density at radius 3 is 2.14 bits per heavy atom. The van der Waals surface area contributed by atoms with E-state index in [0.29, 0.717) is 12.5 Å². The van der Waals surface area contributed by atoms with Crippen molar-refractivity contribution in [2.24, 2.45) is 10.9 Å². The van der Waals surface area contributed by atoms with E-state index in [9.17, 15) is 8.42 Å². The van der Waals surface area contributed by atoms with Gasteiger partial charge in [0.1, 0.15) is 0 Å². The lowest BCUT2D eigenvalue weighted by Gasteiger charge is -2.24. The lowest BCUT2D eigenvalue weighted by atomic mass is 10.0.